The smallest absolute Gasteiger partial charge is 0.185 e. The number of carbonyl (C=O) groups is 1. The van der Waals surface area contributed by atoms with Crippen molar-refractivity contribution in [1.29, 1.82) is 5.26 Å². The number of rotatable bonds is 7. The first kappa shape index (κ1) is 17.1. The molecule has 0 aliphatic carbocycles. The molecule has 0 aliphatic heterocycles. The largest absolute Gasteiger partial charge is 0.497 e. The SMILES string of the molecule is COc1ccc(C(=O)/C=C/c2ccc(OCC#N)c(OC)c2)cc1. The lowest BCUT2D eigenvalue weighted by Crippen LogP contribution is -1.97. The van der Waals surface area contributed by atoms with E-state index in [1.807, 2.05) is 6.07 Å². The Labute approximate surface area is 140 Å². The first-order chi connectivity index (χ1) is 11.7. The third-order valence-electron chi connectivity index (χ3n) is 3.28. The summed E-state index contributed by atoms with van der Waals surface area (Å²) in [6.07, 6.45) is 3.19. The average Bonchev–Trinajstić information content (AvgIpc) is 2.64. The maximum Gasteiger partial charge on any atom is 0.185 e. The number of nitrogens with zero attached hydrogens (tertiary/aromatic N) is 1. The number of benzene rings is 2. The molecule has 2 rings (SSSR count). The van der Waals surface area contributed by atoms with Gasteiger partial charge in [0, 0.05) is 5.56 Å². The van der Waals surface area contributed by atoms with Crippen LogP contribution in [0.3, 0.4) is 0 Å². The maximum atomic E-state index is 12.2. The summed E-state index contributed by atoms with van der Waals surface area (Å²) in [4.78, 5) is 12.2. The molecule has 0 saturated carbocycles. The summed E-state index contributed by atoms with van der Waals surface area (Å²) in [5.41, 5.74) is 1.37. The minimum Gasteiger partial charge on any atom is -0.497 e. The van der Waals surface area contributed by atoms with E-state index in [4.69, 9.17) is 19.5 Å². The van der Waals surface area contributed by atoms with Gasteiger partial charge in [-0.3, -0.25) is 4.79 Å². The van der Waals surface area contributed by atoms with Crippen LogP contribution in [0.1, 0.15) is 15.9 Å². The maximum absolute atomic E-state index is 12.2. The third kappa shape index (κ3) is 4.37. The summed E-state index contributed by atoms with van der Waals surface area (Å²) in [7, 11) is 3.10. The molecule has 0 saturated heterocycles. The van der Waals surface area contributed by atoms with E-state index in [9.17, 15) is 4.79 Å². The second-order valence-electron chi connectivity index (χ2n) is 4.78. The van der Waals surface area contributed by atoms with Crippen LogP contribution in [0.5, 0.6) is 17.2 Å². The monoisotopic (exact) mass is 323 g/mol. The Morgan fingerprint density at radius 1 is 1.08 bits per heavy atom. The average molecular weight is 323 g/mol. The predicted molar refractivity (Wildman–Crippen MR) is 90.5 cm³/mol. The van der Waals surface area contributed by atoms with Crippen molar-refractivity contribution in [3.63, 3.8) is 0 Å². The van der Waals surface area contributed by atoms with Crippen molar-refractivity contribution in [2.75, 3.05) is 20.8 Å². The van der Waals surface area contributed by atoms with Gasteiger partial charge in [0.2, 0.25) is 0 Å². The van der Waals surface area contributed by atoms with Crippen LogP contribution in [-0.4, -0.2) is 26.6 Å². The molecule has 0 fully saturated rings. The fourth-order valence-corrected chi connectivity index (χ4v) is 2.04. The molecular weight excluding hydrogens is 306 g/mol. The number of nitriles is 1. The van der Waals surface area contributed by atoms with E-state index in [0.29, 0.717) is 22.8 Å². The number of allylic oxidation sites excluding steroid dienone is 1. The molecule has 0 bridgehead atoms. The van der Waals surface area contributed by atoms with Gasteiger partial charge >= 0.3 is 0 Å². The quantitative estimate of drug-likeness (QED) is 0.576. The molecule has 0 aromatic heterocycles. The number of ketones is 1. The molecule has 0 amide bonds. The van der Waals surface area contributed by atoms with Crippen LogP contribution in [0.15, 0.2) is 48.5 Å². The third-order valence-corrected chi connectivity index (χ3v) is 3.28. The van der Waals surface area contributed by atoms with Crippen molar-refractivity contribution in [3.05, 3.63) is 59.7 Å². The van der Waals surface area contributed by atoms with Crippen molar-refractivity contribution < 1.29 is 19.0 Å². The van der Waals surface area contributed by atoms with E-state index in [0.717, 1.165) is 5.56 Å². The molecule has 0 N–H and O–H groups in total. The van der Waals surface area contributed by atoms with E-state index in [1.54, 1.807) is 55.7 Å². The van der Waals surface area contributed by atoms with Crippen molar-refractivity contribution in [2.45, 2.75) is 0 Å². The van der Waals surface area contributed by atoms with Crippen LogP contribution in [0.4, 0.5) is 0 Å². The topological polar surface area (TPSA) is 68.5 Å². The van der Waals surface area contributed by atoms with Crippen molar-refractivity contribution >= 4 is 11.9 Å². The molecule has 24 heavy (non-hydrogen) atoms. The van der Waals surface area contributed by atoms with Gasteiger partial charge in [0.25, 0.3) is 0 Å². The molecule has 2 aromatic carbocycles. The number of carbonyl (C=O) groups excluding carboxylic acids is 1. The Hall–Kier alpha value is -3.26. The van der Waals surface area contributed by atoms with Crippen LogP contribution in [-0.2, 0) is 0 Å². The highest BCUT2D eigenvalue weighted by atomic mass is 16.5. The zero-order valence-electron chi connectivity index (χ0n) is 13.5. The molecule has 122 valence electrons. The molecule has 0 unspecified atom stereocenters. The van der Waals surface area contributed by atoms with Gasteiger partial charge < -0.3 is 14.2 Å². The van der Waals surface area contributed by atoms with Crippen molar-refractivity contribution in [3.8, 4) is 23.3 Å². The van der Waals surface area contributed by atoms with E-state index in [2.05, 4.69) is 0 Å². The predicted octanol–water partition coefficient (Wildman–Crippen LogP) is 3.50. The lowest BCUT2D eigenvalue weighted by Gasteiger charge is -2.08. The number of hydrogen-bond donors (Lipinski definition) is 0. The molecule has 2 aromatic rings. The Kier molecular flexibility index (Phi) is 5.98. The van der Waals surface area contributed by atoms with E-state index in [1.165, 1.54) is 13.2 Å². The molecule has 5 heteroatoms. The Bertz CT molecular complexity index is 773. The Balaban J connectivity index is 2.12. The summed E-state index contributed by atoms with van der Waals surface area (Å²) in [5.74, 6) is 1.58. The van der Waals surface area contributed by atoms with E-state index >= 15 is 0 Å². The zero-order valence-corrected chi connectivity index (χ0v) is 13.5. The van der Waals surface area contributed by atoms with Gasteiger partial charge in [-0.25, -0.2) is 0 Å². The number of ether oxygens (including phenoxy) is 3. The Morgan fingerprint density at radius 2 is 1.83 bits per heavy atom. The minimum atomic E-state index is -0.110. The molecule has 0 radical (unpaired) electrons. The van der Waals surface area contributed by atoms with Gasteiger partial charge in [-0.2, -0.15) is 5.26 Å². The fourth-order valence-electron chi connectivity index (χ4n) is 2.04. The Morgan fingerprint density at radius 3 is 2.46 bits per heavy atom. The second kappa shape index (κ2) is 8.39. The molecular formula is C19H17NO4. The summed E-state index contributed by atoms with van der Waals surface area (Å²) >= 11 is 0. The summed E-state index contributed by atoms with van der Waals surface area (Å²) in [6, 6.07) is 14.0. The molecule has 0 aliphatic rings. The highest BCUT2D eigenvalue weighted by molar-refractivity contribution is 6.06. The summed E-state index contributed by atoms with van der Waals surface area (Å²) < 4.78 is 15.6. The first-order valence-corrected chi connectivity index (χ1v) is 7.22. The minimum absolute atomic E-state index is 0.0541. The van der Waals surface area contributed by atoms with Crippen LogP contribution in [0.25, 0.3) is 6.08 Å². The standard InChI is InChI=1S/C19H17NO4/c1-22-16-7-5-15(6-8-16)17(21)9-3-14-4-10-18(24-12-11-20)19(13-14)23-2/h3-10,13H,12H2,1-2H3/b9-3+. The van der Waals surface area contributed by atoms with Gasteiger partial charge in [0.15, 0.2) is 23.9 Å². The van der Waals surface area contributed by atoms with Gasteiger partial charge in [0.1, 0.15) is 11.8 Å². The molecule has 0 heterocycles. The molecule has 5 nitrogen and oxygen atoms in total. The summed E-state index contributed by atoms with van der Waals surface area (Å²) in [6.45, 7) is -0.0541. The van der Waals surface area contributed by atoms with Gasteiger partial charge in [0.05, 0.1) is 14.2 Å². The zero-order chi connectivity index (χ0) is 17.4. The second-order valence-corrected chi connectivity index (χ2v) is 4.78. The lowest BCUT2D eigenvalue weighted by molar-refractivity contribution is 0.104. The first-order valence-electron chi connectivity index (χ1n) is 7.22. The highest BCUT2D eigenvalue weighted by Gasteiger charge is 2.06. The van der Waals surface area contributed by atoms with Crippen molar-refractivity contribution in [2.24, 2.45) is 0 Å². The van der Waals surface area contributed by atoms with Crippen molar-refractivity contribution in [1.82, 2.24) is 0 Å². The van der Waals surface area contributed by atoms with Gasteiger partial charge in [-0.15, -0.1) is 0 Å². The lowest BCUT2D eigenvalue weighted by atomic mass is 10.1. The normalized spacial score (nSPS) is 10.2. The number of hydrogen-bond acceptors (Lipinski definition) is 5. The van der Waals surface area contributed by atoms with Crippen LogP contribution < -0.4 is 14.2 Å². The van der Waals surface area contributed by atoms with Crippen LogP contribution in [0, 0.1) is 11.3 Å². The highest BCUT2D eigenvalue weighted by Crippen LogP contribution is 2.28. The molecule has 0 spiro atoms. The summed E-state index contributed by atoms with van der Waals surface area (Å²) in [5, 5.41) is 8.56. The van der Waals surface area contributed by atoms with E-state index in [-0.39, 0.29) is 12.4 Å². The van der Waals surface area contributed by atoms with Gasteiger partial charge in [-0.1, -0.05) is 12.1 Å². The van der Waals surface area contributed by atoms with Crippen LogP contribution >= 0.6 is 0 Å². The fraction of sp³-hybridized carbons (Fsp3) is 0.158. The number of methoxy groups -OCH3 is 2. The molecule has 0 atom stereocenters. The van der Waals surface area contributed by atoms with Gasteiger partial charge in [-0.05, 0) is 48.0 Å². The van der Waals surface area contributed by atoms with E-state index < -0.39 is 0 Å². The van der Waals surface area contributed by atoms with Crippen LogP contribution in [0.2, 0.25) is 0 Å².